The second-order valence-corrected chi connectivity index (χ2v) is 9.08. The van der Waals surface area contributed by atoms with E-state index in [1.807, 2.05) is 19.1 Å². The smallest absolute Gasteiger partial charge is 0.251 e. The monoisotopic (exact) mass is 353 g/mol. The van der Waals surface area contributed by atoms with Crippen LogP contribution in [0.2, 0.25) is 0 Å². The molecule has 23 heavy (non-hydrogen) atoms. The van der Waals surface area contributed by atoms with Gasteiger partial charge in [-0.3, -0.25) is 9.79 Å². The number of hydrogen-bond acceptors (Lipinski definition) is 6. The quantitative estimate of drug-likeness (QED) is 0.857. The summed E-state index contributed by atoms with van der Waals surface area (Å²) in [5, 5.41) is 6.76. The summed E-state index contributed by atoms with van der Waals surface area (Å²) in [6, 6.07) is 7.07. The molecule has 0 saturated carbocycles. The van der Waals surface area contributed by atoms with Crippen LogP contribution < -0.4 is 10.6 Å². The molecule has 2 aliphatic heterocycles. The van der Waals surface area contributed by atoms with E-state index in [1.54, 1.807) is 12.1 Å². The second-order valence-electron chi connectivity index (χ2n) is 5.70. The highest BCUT2D eigenvalue weighted by atomic mass is 32.2. The predicted octanol–water partition coefficient (Wildman–Crippen LogP) is 1.51. The van der Waals surface area contributed by atoms with Gasteiger partial charge in [-0.2, -0.15) is 0 Å². The molecule has 0 radical (unpaired) electrons. The number of nitrogens with one attached hydrogen (secondary N) is 2. The molecular weight excluding hydrogens is 334 g/mol. The van der Waals surface area contributed by atoms with Gasteiger partial charge in [-0.25, -0.2) is 8.42 Å². The normalized spacial score (nSPS) is 24.8. The van der Waals surface area contributed by atoms with Crippen LogP contribution in [0.4, 0.5) is 5.69 Å². The Morgan fingerprint density at radius 1 is 1.39 bits per heavy atom. The molecule has 3 rings (SSSR count). The summed E-state index contributed by atoms with van der Waals surface area (Å²) in [5.41, 5.74) is 1.37. The average Bonchev–Trinajstić information content (AvgIpc) is 2.97. The average molecular weight is 353 g/mol. The Balaban J connectivity index is 1.66. The van der Waals surface area contributed by atoms with Crippen molar-refractivity contribution in [3.05, 3.63) is 29.8 Å². The van der Waals surface area contributed by atoms with Crippen LogP contribution in [-0.2, 0) is 9.84 Å². The van der Waals surface area contributed by atoms with Crippen molar-refractivity contribution in [3.63, 3.8) is 0 Å². The molecule has 8 heteroatoms. The van der Waals surface area contributed by atoms with E-state index in [4.69, 9.17) is 0 Å². The van der Waals surface area contributed by atoms with Gasteiger partial charge >= 0.3 is 0 Å². The van der Waals surface area contributed by atoms with Gasteiger partial charge in [0.1, 0.15) is 0 Å². The van der Waals surface area contributed by atoms with Crippen LogP contribution in [0.3, 0.4) is 0 Å². The molecule has 2 heterocycles. The van der Waals surface area contributed by atoms with Gasteiger partial charge < -0.3 is 10.6 Å². The third-order valence-corrected chi connectivity index (χ3v) is 6.87. The SMILES string of the molecule is CCCNC(=O)c1cccc(NC2=N[C@@H]3CS(=O)(=O)C[C@H]3S2)c1. The van der Waals surface area contributed by atoms with Crippen molar-refractivity contribution >= 4 is 38.4 Å². The Bertz CT molecular complexity index is 746. The van der Waals surface area contributed by atoms with Crippen LogP contribution in [0.1, 0.15) is 23.7 Å². The lowest BCUT2D eigenvalue weighted by molar-refractivity contribution is 0.0953. The Morgan fingerprint density at radius 3 is 2.96 bits per heavy atom. The maximum Gasteiger partial charge on any atom is 0.251 e. The number of benzene rings is 1. The molecule has 2 aliphatic rings. The Labute approximate surface area is 140 Å². The fraction of sp³-hybridized carbons (Fsp3) is 0.467. The van der Waals surface area contributed by atoms with Crippen LogP contribution in [-0.4, -0.2) is 48.8 Å². The minimum atomic E-state index is -2.94. The van der Waals surface area contributed by atoms with Crippen molar-refractivity contribution in [1.29, 1.82) is 0 Å². The molecule has 0 spiro atoms. The zero-order valence-corrected chi connectivity index (χ0v) is 14.4. The molecule has 1 saturated heterocycles. The maximum absolute atomic E-state index is 12.0. The van der Waals surface area contributed by atoms with Crippen molar-refractivity contribution in [3.8, 4) is 0 Å². The van der Waals surface area contributed by atoms with Crippen molar-refractivity contribution < 1.29 is 13.2 Å². The van der Waals surface area contributed by atoms with Crippen LogP contribution in [0.5, 0.6) is 0 Å². The first-order chi connectivity index (χ1) is 11.0. The zero-order valence-electron chi connectivity index (χ0n) is 12.8. The summed E-state index contributed by atoms with van der Waals surface area (Å²) in [4.78, 5) is 16.4. The molecular formula is C15H19N3O3S2. The van der Waals surface area contributed by atoms with Crippen LogP contribution in [0.25, 0.3) is 0 Å². The molecule has 1 fully saturated rings. The van der Waals surface area contributed by atoms with E-state index in [-0.39, 0.29) is 28.7 Å². The number of anilines is 1. The standard InChI is InChI=1S/C15H19N3O3S2/c1-2-6-16-14(19)10-4-3-5-11(7-10)17-15-18-12-8-23(20,21)9-13(12)22-15/h3-5,7,12-13H,2,6,8-9H2,1H3,(H,16,19)(H,17,18)/t12-,13-/m1/s1. The molecule has 0 bridgehead atoms. The van der Waals surface area contributed by atoms with Gasteiger partial charge in [0.2, 0.25) is 0 Å². The zero-order chi connectivity index (χ0) is 16.4. The van der Waals surface area contributed by atoms with Gasteiger partial charge in [0.05, 0.1) is 17.5 Å². The van der Waals surface area contributed by atoms with E-state index in [0.29, 0.717) is 12.1 Å². The Morgan fingerprint density at radius 2 is 2.22 bits per heavy atom. The number of rotatable bonds is 4. The topological polar surface area (TPSA) is 87.6 Å². The van der Waals surface area contributed by atoms with Crippen molar-refractivity contribution in [2.24, 2.45) is 4.99 Å². The highest BCUT2D eigenvalue weighted by Crippen LogP contribution is 2.34. The molecule has 0 aliphatic carbocycles. The first-order valence-electron chi connectivity index (χ1n) is 7.57. The Hall–Kier alpha value is -1.54. The van der Waals surface area contributed by atoms with Gasteiger partial charge in [-0.1, -0.05) is 24.8 Å². The van der Waals surface area contributed by atoms with E-state index in [1.165, 1.54) is 11.8 Å². The minimum Gasteiger partial charge on any atom is -0.352 e. The number of amides is 1. The van der Waals surface area contributed by atoms with E-state index < -0.39 is 9.84 Å². The van der Waals surface area contributed by atoms with Crippen LogP contribution in [0.15, 0.2) is 29.3 Å². The fourth-order valence-electron chi connectivity index (χ4n) is 2.62. The summed E-state index contributed by atoms with van der Waals surface area (Å²) in [5.74, 6) is 0.227. The number of hydrogen-bond donors (Lipinski definition) is 2. The lowest BCUT2D eigenvalue weighted by atomic mass is 10.2. The first-order valence-corrected chi connectivity index (χ1v) is 10.3. The van der Waals surface area contributed by atoms with Gasteiger partial charge in [-0.05, 0) is 24.6 Å². The number of fused-ring (bicyclic) bond motifs is 1. The fourth-order valence-corrected chi connectivity index (χ4v) is 6.29. The van der Waals surface area contributed by atoms with Gasteiger partial charge in [0.15, 0.2) is 15.0 Å². The van der Waals surface area contributed by atoms with Gasteiger partial charge in [-0.15, -0.1) is 0 Å². The highest BCUT2D eigenvalue weighted by Gasteiger charge is 2.42. The molecule has 2 N–H and O–H groups in total. The molecule has 1 amide bonds. The summed E-state index contributed by atoms with van der Waals surface area (Å²) >= 11 is 1.47. The van der Waals surface area contributed by atoms with E-state index in [0.717, 1.165) is 17.3 Å². The Kier molecular flexibility index (Phi) is 4.63. The molecule has 0 unspecified atom stereocenters. The number of carbonyl (C=O) groups is 1. The van der Waals surface area contributed by atoms with Gasteiger partial charge in [0.25, 0.3) is 5.91 Å². The van der Waals surface area contributed by atoms with E-state index in [9.17, 15) is 13.2 Å². The summed E-state index contributed by atoms with van der Waals surface area (Å²) in [6.45, 7) is 2.65. The number of carbonyl (C=O) groups excluding carboxylic acids is 1. The van der Waals surface area contributed by atoms with Crippen molar-refractivity contribution in [1.82, 2.24) is 5.32 Å². The molecule has 1 aromatic carbocycles. The first kappa shape index (κ1) is 16.3. The third kappa shape index (κ3) is 3.87. The summed E-state index contributed by atoms with van der Waals surface area (Å²) < 4.78 is 23.1. The van der Waals surface area contributed by atoms with Crippen molar-refractivity contribution in [2.75, 3.05) is 23.4 Å². The van der Waals surface area contributed by atoms with Crippen molar-refractivity contribution in [2.45, 2.75) is 24.6 Å². The lowest BCUT2D eigenvalue weighted by Gasteiger charge is -2.09. The molecule has 0 aromatic heterocycles. The maximum atomic E-state index is 12.0. The van der Waals surface area contributed by atoms with E-state index in [2.05, 4.69) is 15.6 Å². The van der Waals surface area contributed by atoms with Crippen LogP contribution >= 0.6 is 11.8 Å². The summed E-state index contributed by atoms with van der Waals surface area (Å²) in [7, 11) is -2.94. The molecule has 6 nitrogen and oxygen atoms in total. The second kappa shape index (κ2) is 6.52. The van der Waals surface area contributed by atoms with Crippen LogP contribution in [0, 0.1) is 0 Å². The largest absolute Gasteiger partial charge is 0.352 e. The number of nitrogens with zero attached hydrogens (tertiary/aromatic N) is 1. The van der Waals surface area contributed by atoms with Gasteiger partial charge in [0, 0.05) is 23.0 Å². The number of amidine groups is 1. The third-order valence-electron chi connectivity index (χ3n) is 3.73. The molecule has 2 atom stereocenters. The highest BCUT2D eigenvalue weighted by molar-refractivity contribution is 8.15. The van der Waals surface area contributed by atoms with E-state index >= 15 is 0 Å². The number of thioether (sulfide) groups is 1. The molecule has 1 aromatic rings. The lowest BCUT2D eigenvalue weighted by Crippen LogP contribution is -2.24. The summed E-state index contributed by atoms with van der Waals surface area (Å²) in [6.07, 6.45) is 0.892. The molecule has 124 valence electrons. The minimum absolute atomic E-state index is 0.0125. The number of sulfone groups is 1. The predicted molar refractivity (Wildman–Crippen MR) is 93.9 cm³/mol. The number of aliphatic imine (C=N–C) groups is 1.